The lowest BCUT2D eigenvalue weighted by molar-refractivity contribution is -0.121. The molecule has 0 saturated heterocycles. The zero-order valence-electron chi connectivity index (χ0n) is 14.4. The fourth-order valence-electron chi connectivity index (χ4n) is 2.96. The minimum atomic E-state index is 0.0512. The maximum Gasteiger partial charge on any atom is 0.234 e. The minimum Gasteiger partial charge on any atom is -0.348 e. The zero-order chi connectivity index (χ0) is 16.9. The van der Waals surface area contributed by atoms with Gasteiger partial charge in [0.2, 0.25) is 5.91 Å². The third-order valence-corrected chi connectivity index (χ3v) is 4.82. The Hall–Kier alpha value is -2.14. The van der Waals surface area contributed by atoms with E-state index in [1.807, 2.05) is 35.1 Å². The fraction of sp³-hybridized carbons (Fsp3) is 0.474. The van der Waals surface area contributed by atoms with E-state index in [0.29, 0.717) is 12.5 Å². The normalized spacial score (nSPS) is 17.9. The molecule has 128 valence electrons. The van der Waals surface area contributed by atoms with E-state index < -0.39 is 0 Å². The molecule has 2 aromatic rings. The van der Waals surface area contributed by atoms with Crippen molar-refractivity contribution in [1.82, 2.24) is 20.4 Å². The molecule has 1 aromatic heterocycles. The predicted molar refractivity (Wildman–Crippen MR) is 94.5 cm³/mol. The molecule has 0 bridgehead atoms. The van der Waals surface area contributed by atoms with E-state index >= 15 is 0 Å². The Morgan fingerprint density at radius 3 is 2.62 bits per heavy atom. The van der Waals surface area contributed by atoms with Crippen molar-refractivity contribution in [3.8, 4) is 0 Å². The lowest BCUT2D eigenvalue weighted by Gasteiger charge is -2.23. The first-order valence-corrected chi connectivity index (χ1v) is 8.72. The van der Waals surface area contributed by atoms with Gasteiger partial charge in [0.25, 0.3) is 0 Å². The van der Waals surface area contributed by atoms with Crippen molar-refractivity contribution in [1.29, 1.82) is 0 Å². The third-order valence-electron chi connectivity index (χ3n) is 4.82. The summed E-state index contributed by atoms with van der Waals surface area (Å²) in [6.07, 6.45) is 6.11. The molecule has 0 spiro atoms. The van der Waals surface area contributed by atoms with Crippen LogP contribution in [0.15, 0.2) is 48.8 Å². The maximum absolute atomic E-state index is 12.4. The van der Waals surface area contributed by atoms with Crippen LogP contribution in [0.1, 0.15) is 44.3 Å². The van der Waals surface area contributed by atoms with Gasteiger partial charge in [-0.25, -0.2) is 0 Å². The first-order chi connectivity index (χ1) is 11.6. The average molecular weight is 326 g/mol. The third kappa shape index (κ3) is 4.23. The highest BCUT2D eigenvalue weighted by Gasteiger charge is 2.33. The highest BCUT2D eigenvalue weighted by atomic mass is 16.2. The topological polar surface area (TPSA) is 59.0 Å². The van der Waals surface area contributed by atoms with Crippen LogP contribution in [0.3, 0.4) is 0 Å². The van der Waals surface area contributed by atoms with Crippen LogP contribution in [0.4, 0.5) is 0 Å². The maximum atomic E-state index is 12.4. The van der Waals surface area contributed by atoms with E-state index in [2.05, 4.69) is 41.7 Å². The van der Waals surface area contributed by atoms with Crippen LogP contribution in [0, 0.1) is 5.92 Å². The number of amides is 1. The number of nitrogens with zero attached hydrogens (tertiary/aromatic N) is 2. The quantitative estimate of drug-likeness (QED) is 0.784. The Kier molecular flexibility index (Phi) is 5.30. The second-order valence-corrected chi connectivity index (χ2v) is 6.69. The second-order valence-electron chi connectivity index (χ2n) is 6.69. The van der Waals surface area contributed by atoms with Crippen molar-refractivity contribution in [2.75, 3.05) is 6.54 Å². The Bertz CT molecular complexity index is 637. The van der Waals surface area contributed by atoms with Gasteiger partial charge < -0.3 is 10.6 Å². The smallest absolute Gasteiger partial charge is 0.234 e. The van der Waals surface area contributed by atoms with Gasteiger partial charge in [0, 0.05) is 18.4 Å². The van der Waals surface area contributed by atoms with Gasteiger partial charge in [-0.3, -0.25) is 9.48 Å². The Morgan fingerprint density at radius 1 is 1.25 bits per heavy atom. The molecule has 24 heavy (non-hydrogen) atoms. The van der Waals surface area contributed by atoms with Crippen LogP contribution in [0.25, 0.3) is 0 Å². The predicted octanol–water partition coefficient (Wildman–Crippen LogP) is 2.69. The van der Waals surface area contributed by atoms with E-state index in [4.69, 9.17) is 0 Å². The summed E-state index contributed by atoms with van der Waals surface area (Å²) in [5, 5.41) is 10.8. The number of carbonyl (C=O) groups is 1. The molecule has 2 N–H and O–H groups in total. The Labute approximate surface area is 143 Å². The fourth-order valence-corrected chi connectivity index (χ4v) is 2.96. The van der Waals surface area contributed by atoms with Gasteiger partial charge in [-0.1, -0.05) is 30.3 Å². The number of carbonyl (C=O) groups excluding carboxylic acids is 1. The summed E-state index contributed by atoms with van der Waals surface area (Å²) in [6, 6.07) is 12.7. The van der Waals surface area contributed by atoms with Crippen molar-refractivity contribution in [3.63, 3.8) is 0 Å². The van der Waals surface area contributed by atoms with Crippen molar-refractivity contribution in [2.45, 2.75) is 44.8 Å². The van der Waals surface area contributed by atoms with Crippen LogP contribution >= 0.6 is 0 Å². The number of hydrogen-bond acceptors (Lipinski definition) is 3. The second kappa shape index (κ2) is 7.62. The number of aromatic nitrogens is 2. The van der Waals surface area contributed by atoms with Gasteiger partial charge in [-0.2, -0.15) is 5.10 Å². The summed E-state index contributed by atoms with van der Waals surface area (Å²) in [5.74, 6) is 0.632. The molecule has 1 aromatic carbocycles. The molecule has 1 saturated carbocycles. The lowest BCUT2D eigenvalue weighted by atomic mass is 10.0. The summed E-state index contributed by atoms with van der Waals surface area (Å²) in [6.45, 7) is 4.50. The first kappa shape index (κ1) is 16.7. The highest BCUT2D eigenvalue weighted by molar-refractivity contribution is 5.78. The zero-order valence-corrected chi connectivity index (χ0v) is 14.4. The van der Waals surface area contributed by atoms with Crippen molar-refractivity contribution >= 4 is 5.91 Å². The number of rotatable bonds is 8. The van der Waals surface area contributed by atoms with Crippen molar-refractivity contribution < 1.29 is 4.79 Å². The molecule has 5 nitrogen and oxygen atoms in total. The number of hydrogen-bond donors (Lipinski definition) is 2. The van der Waals surface area contributed by atoms with Crippen LogP contribution in [-0.4, -0.2) is 28.3 Å². The van der Waals surface area contributed by atoms with E-state index in [1.54, 1.807) is 6.20 Å². The Balaban J connectivity index is 1.51. The summed E-state index contributed by atoms with van der Waals surface area (Å²) in [7, 11) is 0. The largest absolute Gasteiger partial charge is 0.348 e. The lowest BCUT2D eigenvalue weighted by Crippen LogP contribution is -2.42. The van der Waals surface area contributed by atoms with Gasteiger partial charge >= 0.3 is 0 Å². The van der Waals surface area contributed by atoms with Crippen LogP contribution in [0.5, 0.6) is 0 Å². The Morgan fingerprint density at radius 2 is 2.00 bits per heavy atom. The van der Waals surface area contributed by atoms with E-state index in [0.717, 1.165) is 0 Å². The number of nitrogens with one attached hydrogen (secondary N) is 2. The molecule has 3 rings (SSSR count). The summed E-state index contributed by atoms with van der Waals surface area (Å²) < 4.78 is 1.91. The van der Waals surface area contributed by atoms with Gasteiger partial charge in [-0.15, -0.1) is 0 Å². The molecular weight excluding hydrogens is 300 g/mol. The average Bonchev–Trinajstić information content (AvgIpc) is 3.30. The van der Waals surface area contributed by atoms with Crippen molar-refractivity contribution in [3.05, 3.63) is 54.4 Å². The van der Waals surface area contributed by atoms with Gasteiger partial charge in [0.05, 0.1) is 18.6 Å². The van der Waals surface area contributed by atoms with Crippen LogP contribution < -0.4 is 10.6 Å². The van der Waals surface area contributed by atoms with Crippen molar-refractivity contribution in [2.24, 2.45) is 5.92 Å². The summed E-state index contributed by atoms with van der Waals surface area (Å²) in [5.41, 5.74) is 1.20. The van der Waals surface area contributed by atoms with Crippen LogP contribution in [0.2, 0.25) is 0 Å². The molecule has 1 fully saturated rings. The van der Waals surface area contributed by atoms with E-state index in [9.17, 15) is 4.79 Å². The molecule has 1 amide bonds. The van der Waals surface area contributed by atoms with Crippen LogP contribution in [-0.2, 0) is 4.79 Å². The number of benzene rings is 1. The van der Waals surface area contributed by atoms with Gasteiger partial charge in [0.1, 0.15) is 0 Å². The molecular formula is C19H26N4O. The van der Waals surface area contributed by atoms with E-state index in [1.165, 1.54) is 18.4 Å². The standard InChI is InChI=1S/C19H26N4O/c1-14(15(2)23-12-6-11-21-23)20-13-18(24)22-19(17-9-10-17)16-7-4-3-5-8-16/h3-8,11-12,14-15,17,19-20H,9-10,13H2,1-2H3,(H,22,24)/t14-,15+,19+/m0/s1. The van der Waals surface area contributed by atoms with Gasteiger partial charge in [0.15, 0.2) is 0 Å². The summed E-state index contributed by atoms with van der Waals surface area (Å²) >= 11 is 0. The summed E-state index contributed by atoms with van der Waals surface area (Å²) in [4.78, 5) is 12.4. The highest BCUT2D eigenvalue weighted by Crippen LogP contribution is 2.40. The molecule has 1 heterocycles. The molecule has 0 aliphatic heterocycles. The molecule has 1 aliphatic carbocycles. The molecule has 0 unspecified atom stereocenters. The van der Waals surface area contributed by atoms with Gasteiger partial charge in [-0.05, 0) is 44.2 Å². The van der Waals surface area contributed by atoms with E-state index in [-0.39, 0.29) is 24.0 Å². The molecule has 3 atom stereocenters. The minimum absolute atomic E-state index is 0.0512. The monoisotopic (exact) mass is 326 g/mol. The molecule has 1 aliphatic rings. The molecule has 5 heteroatoms. The first-order valence-electron chi connectivity index (χ1n) is 8.72. The molecule has 0 radical (unpaired) electrons. The SMILES string of the molecule is C[C@H](NCC(=O)N[C@H](c1ccccc1)C1CC1)[C@@H](C)n1cccn1.